The molecule has 0 unspecified atom stereocenters. The van der Waals surface area contributed by atoms with Crippen molar-refractivity contribution in [2.45, 2.75) is 38.1 Å². The number of para-hydroxylation sites is 1. The van der Waals surface area contributed by atoms with E-state index in [-0.39, 0.29) is 0 Å². The topological polar surface area (TPSA) is 12.0 Å². The Hall–Kier alpha value is -1.76. The van der Waals surface area contributed by atoms with Crippen LogP contribution in [0.5, 0.6) is 0 Å². The van der Waals surface area contributed by atoms with Crippen LogP contribution in [0.15, 0.2) is 42.5 Å². The predicted octanol–water partition coefficient (Wildman–Crippen LogP) is 4.62. The smallest absolute Gasteiger partial charge is 0.0589 e. The average molecular weight is 249 g/mol. The Balaban J connectivity index is 1.83. The summed E-state index contributed by atoms with van der Waals surface area (Å²) in [6.07, 6.45) is 1.18. The summed E-state index contributed by atoms with van der Waals surface area (Å²) in [5.74, 6) is 1.21. The second kappa shape index (κ2) is 3.86. The standard InChI is InChI=1S/C18H19N/c1-11(2)13-8-5-9-15-16-10-12-6-3-4-7-14(12)18(16)19-17(13)15/h3-9,11,16,18-19H,10H2,1-2H3/t16-,18-/m0/s1. The third-order valence-corrected chi connectivity index (χ3v) is 4.68. The van der Waals surface area contributed by atoms with E-state index in [0.29, 0.717) is 17.9 Å². The first-order valence-electron chi connectivity index (χ1n) is 7.23. The quantitative estimate of drug-likeness (QED) is 0.777. The maximum Gasteiger partial charge on any atom is 0.0589 e. The van der Waals surface area contributed by atoms with E-state index in [1.165, 1.54) is 34.4 Å². The first-order chi connectivity index (χ1) is 9.25. The van der Waals surface area contributed by atoms with Crippen LogP contribution in [0.3, 0.4) is 0 Å². The molecule has 96 valence electrons. The molecule has 2 aromatic carbocycles. The maximum atomic E-state index is 3.80. The van der Waals surface area contributed by atoms with Crippen molar-refractivity contribution in [2.24, 2.45) is 0 Å². The molecule has 0 spiro atoms. The zero-order valence-corrected chi connectivity index (χ0v) is 11.5. The molecular formula is C18H19N. The van der Waals surface area contributed by atoms with Gasteiger partial charge in [0.1, 0.15) is 0 Å². The normalized spacial score (nSPS) is 22.9. The molecule has 1 aliphatic heterocycles. The molecule has 2 atom stereocenters. The summed E-state index contributed by atoms with van der Waals surface area (Å²) < 4.78 is 0. The van der Waals surface area contributed by atoms with Gasteiger partial charge < -0.3 is 5.32 Å². The zero-order chi connectivity index (χ0) is 13.0. The molecule has 2 aliphatic rings. The lowest BCUT2D eigenvalue weighted by molar-refractivity contribution is 0.677. The molecule has 1 nitrogen and oxygen atoms in total. The summed E-state index contributed by atoms with van der Waals surface area (Å²) in [6.45, 7) is 4.55. The van der Waals surface area contributed by atoms with Gasteiger partial charge in [0.25, 0.3) is 0 Å². The molecule has 19 heavy (non-hydrogen) atoms. The van der Waals surface area contributed by atoms with Gasteiger partial charge in [-0.3, -0.25) is 0 Å². The number of hydrogen-bond acceptors (Lipinski definition) is 1. The summed E-state index contributed by atoms with van der Waals surface area (Å²) in [5, 5.41) is 3.80. The summed E-state index contributed by atoms with van der Waals surface area (Å²) in [7, 11) is 0. The molecule has 0 amide bonds. The lowest BCUT2D eigenvalue weighted by Gasteiger charge is -2.15. The van der Waals surface area contributed by atoms with Crippen LogP contribution in [0, 0.1) is 0 Å². The fourth-order valence-corrected chi connectivity index (χ4v) is 3.76. The molecule has 1 heteroatoms. The number of anilines is 1. The van der Waals surface area contributed by atoms with Crippen molar-refractivity contribution in [1.29, 1.82) is 0 Å². The van der Waals surface area contributed by atoms with Crippen molar-refractivity contribution in [3.8, 4) is 0 Å². The minimum Gasteiger partial charge on any atom is -0.377 e. The molecule has 0 saturated heterocycles. The highest BCUT2D eigenvalue weighted by Gasteiger charge is 2.40. The average Bonchev–Trinajstić information content (AvgIpc) is 2.94. The Morgan fingerprint density at radius 2 is 1.79 bits per heavy atom. The Bertz CT molecular complexity index is 642. The maximum absolute atomic E-state index is 3.80. The second-order valence-corrected chi connectivity index (χ2v) is 6.10. The highest BCUT2D eigenvalue weighted by Crippen LogP contribution is 2.52. The molecule has 4 rings (SSSR count). The van der Waals surface area contributed by atoms with E-state index in [2.05, 4.69) is 61.6 Å². The Kier molecular flexibility index (Phi) is 2.26. The molecule has 0 radical (unpaired) electrons. The van der Waals surface area contributed by atoms with Crippen molar-refractivity contribution in [1.82, 2.24) is 0 Å². The van der Waals surface area contributed by atoms with Crippen LogP contribution in [-0.4, -0.2) is 0 Å². The van der Waals surface area contributed by atoms with Gasteiger partial charge in [-0.25, -0.2) is 0 Å². The Labute approximate surface area is 114 Å². The van der Waals surface area contributed by atoms with E-state index in [4.69, 9.17) is 0 Å². The molecule has 0 saturated carbocycles. The van der Waals surface area contributed by atoms with E-state index in [1.807, 2.05) is 0 Å². The van der Waals surface area contributed by atoms with Gasteiger partial charge in [-0.05, 0) is 34.6 Å². The van der Waals surface area contributed by atoms with Crippen molar-refractivity contribution in [3.63, 3.8) is 0 Å². The van der Waals surface area contributed by atoms with E-state index < -0.39 is 0 Å². The number of benzene rings is 2. The molecule has 1 heterocycles. The number of hydrogen-bond donors (Lipinski definition) is 1. The van der Waals surface area contributed by atoms with Crippen LogP contribution in [-0.2, 0) is 6.42 Å². The van der Waals surface area contributed by atoms with Gasteiger partial charge in [-0.2, -0.15) is 0 Å². The van der Waals surface area contributed by atoms with E-state index >= 15 is 0 Å². The Morgan fingerprint density at radius 3 is 2.63 bits per heavy atom. The fraction of sp³-hybridized carbons (Fsp3) is 0.333. The van der Waals surface area contributed by atoms with Crippen molar-refractivity contribution in [2.75, 3.05) is 5.32 Å². The SMILES string of the molecule is CC(C)c1cccc2c1N[C@H]1c3ccccc3C[C@@H]21. The van der Waals surface area contributed by atoms with Gasteiger partial charge >= 0.3 is 0 Å². The summed E-state index contributed by atoms with van der Waals surface area (Å²) in [5.41, 5.74) is 7.41. The first kappa shape index (κ1) is 11.1. The van der Waals surface area contributed by atoms with Gasteiger partial charge in [0.2, 0.25) is 0 Å². The summed E-state index contributed by atoms with van der Waals surface area (Å²) in [4.78, 5) is 0. The van der Waals surface area contributed by atoms with Gasteiger partial charge in [0.05, 0.1) is 6.04 Å². The minimum absolute atomic E-state index is 0.492. The van der Waals surface area contributed by atoms with Crippen LogP contribution in [0.2, 0.25) is 0 Å². The highest BCUT2D eigenvalue weighted by molar-refractivity contribution is 5.68. The molecule has 0 bridgehead atoms. The summed E-state index contributed by atoms with van der Waals surface area (Å²) >= 11 is 0. The van der Waals surface area contributed by atoms with E-state index in [0.717, 1.165) is 0 Å². The number of rotatable bonds is 1. The van der Waals surface area contributed by atoms with Crippen LogP contribution >= 0.6 is 0 Å². The lowest BCUT2D eigenvalue weighted by Crippen LogP contribution is -2.06. The number of fused-ring (bicyclic) bond motifs is 5. The summed E-state index contributed by atoms with van der Waals surface area (Å²) in [6, 6.07) is 16.2. The molecule has 1 N–H and O–H groups in total. The molecule has 0 aromatic heterocycles. The molecule has 0 fully saturated rings. The zero-order valence-electron chi connectivity index (χ0n) is 11.5. The van der Waals surface area contributed by atoms with Crippen LogP contribution in [0.25, 0.3) is 0 Å². The van der Waals surface area contributed by atoms with Gasteiger partial charge in [-0.15, -0.1) is 0 Å². The highest BCUT2D eigenvalue weighted by atomic mass is 15.0. The van der Waals surface area contributed by atoms with Gasteiger partial charge in [-0.1, -0.05) is 56.3 Å². The van der Waals surface area contributed by atoms with Crippen molar-refractivity contribution in [3.05, 3.63) is 64.7 Å². The van der Waals surface area contributed by atoms with Crippen molar-refractivity contribution < 1.29 is 0 Å². The minimum atomic E-state index is 0.492. The Morgan fingerprint density at radius 1 is 1.00 bits per heavy atom. The van der Waals surface area contributed by atoms with E-state index in [1.54, 1.807) is 0 Å². The van der Waals surface area contributed by atoms with Crippen LogP contribution in [0.1, 0.15) is 54.0 Å². The first-order valence-corrected chi connectivity index (χ1v) is 7.23. The molecule has 2 aromatic rings. The van der Waals surface area contributed by atoms with Crippen LogP contribution in [0.4, 0.5) is 5.69 Å². The van der Waals surface area contributed by atoms with Gasteiger partial charge in [0, 0.05) is 11.6 Å². The largest absolute Gasteiger partial charge is 0.377 e. The number of nitrogens with one attached hydrogen (secondary N) is 1. The predicted molar refractivity (Wildman–Crippen MR) is 79.8 cm³/mol. The molecule has 1 aliphatic carbocycles. The van der Waals surface area contributed by atoms with Crippen LogP contribution < -0.4 is 5.32 Å². The fourth-order valence-electron chi connectivity index (χ4n) is 3.76. The monoisotopic (exact) mass is 249 g/mol. The van der Waals surface area contributed by atoms with E-state index in [9.17, 15) is 0 Å². The lowest BCUT2D eigenvalue weighted by atomic mass is 9.92. The second-order valence-electron chi connectivity index (χ2n) is 6.10. The van der Waals surface area contributed by atoms with Crippen molar-refractivity contribution >= 4 is 5.69 Å². The molecular weight excluding hydrogens is 230 g/mol. The van der Waals surface area contributed by atoms with Gasteiger partial charge in [0.15, 0.2) is 0 Å². The third-order valence-electron chi connectivity index (χ3n) is 4.68. The third kappa shape index (κ3) is 1.48.